The van der Waals surface area contributed by atoms with Crippen LogP contribution in [0.1, 0.15) is 5.82 Å². The molecule has 0 aromatic carbocycles. The number of halogens is 4. The average Bonchev–Trinajstić information content (AvgIpc) is 2.08. The van der Waals surface area contributed by atoms with Crippen molar-refractivity contribution in [2.45, 2.75) is 11.9 Å². The summed E-state index contributed by atoms with van der Waals surface area (Å²) in [7, 11) is 0. The number of hydrogen-bond donors (Lipinski definition) is 0. The monoisotopic (exact) mass is 288 g/mol. The largest absolute Gasteiger partial charge is 0.388 e. The van der Waals surface area contributed by atoms with E-state index in [1.54, 1.807) is 0 Å². The lowest BCUT2D eigenvalue weighted by atomic mass is 10.7. The predicted octanol–water partition coefficient (Wildman–Crippen LogP) is 2.86. The van der Waals surface area contributed by atoms with Crippen LogP contribution in [0.5, 0.6) is 0 Å². The Kier molecular flexibility index (Phi) is 2.34. The Hall–Kier alpha value is 0.0300. The van der Waals surface area contributed by atoms with Gasteiger partial charge in [-0.05, 0) is 22.9 Å². The van der Waals surface area contributed by atoms with Gasteiger partial charge in [0.25, 0.3) is 0 Å². The summed E-state index contributed by atoms with van der Waals surface area (Å²) in [4.78, 5) is 0.612. The molecular formula is C5H4Br2F2N2. The molecule has 0 radical (unpaired) electrons. The van der Waals surface area contributed by atoms with E-state index >= 15 is 0 Å². The zero-order valence-corrected chi connectivity index (χ0v) is 8.66. The molecule has 0 N–H and O–H groups in total. The van der Waals surface area contributed by atoms with Crippen LogP contribution < -0.4 is 0 Å². The lowest BCUT2D eigenvalue weighted by Crippen LogP contribution is -2.16. The number of aromatic nitrogens is 2. The van der Waals surface area contributed by atoms with E-state index in [9.17, 15) is 8.78 Å². The molecule has 0 saturated carbocycles. The minimum absolute atomic E-state index is 0.247. The first-order chi connectivity index (χ1) is 4.93. The Balaban J connectivity index is 3.21. The summed E-state index contributed by atoms with van der Waals surface area (Å²) in [5.74, 6) is 0.249. The van der Waals surface area contributed by atoms with E-state index in [-0.39, 0.29) is 10.4 Å². The van der Waals surface area contributed by atoms with Gasteiger partial charge in [0.1, 0.15) is 10.4 Å². The molecule has 2 nitrogen and oxygen atoms in total. The van der Waals surface area contributed by atoms with E-state index in [1.165, 1.54) is 13.1 Å². The topological polar surface area (TPSA) is 17.8 Å². The minimum atomic E-state index is -3.08. The first-order valence-electron chi connectivity index (χ1n) is 2.70. The summed E-state index contributed by atoms with van der Waals surface area (Å²) in [5.41, 5.74) is 0. The number of hydrogen-bond acceptors (Lipinski definition) is 1. The molecule has 0 aliphatic carbocycles. The maximum absolute atomic E-state index is 12.6. The Bertz CT molecular complexity index is 246. The molecule has 0 unspecified atom stereocenters. The van der Waals surface area contributed by atoms with Crippen molar-refractivity contribution in [2.24, 2.45) is 0 Å². The van der Waals surface area contributed by atoms with E-state index in [0.29, 0.717) is 0 Å². The normalized spacial score (nSPS) is 12.1. The van der Waals surface area contributed by atoms with Crippen LogP contribution in [0.15, 0.2) is 10.8 Å². The standard InChI is InChI=1S/C5H4Br2F2N2/c1-3-10-2-4(6)11(3)5(7,8)9/h2H,1H3. The van der Waals surface area contributed by atoms with E-state index in [2.05, 4.69) is 36.8 Å². The third-order valence-electron chi connectivity index (χ3n) is 1.15. The van der Waals surface area contributed by atoms with Crippen molar-refractivity contribution in [3.8, 4) is 0 Å². The van der Waals surface area contributed by atoms with E-state index in [1.807, 2.05) is 0 Å². The Morgan fingerprint density at radius 2 is 2.18 bits per heavy atom. The van der Waals surface area contributed by atoms with Gasteiger partial charge < -0.3 is 0 Å². The summed E-state index contributed by atoms with van der Waals surface area (Å²) < 4.78 is 26.2. The summed E-state index contributed by atoms with van der Waals surface area (Å²) >= 11 is 5.17. The summed E-state index contributed by atoms with van der Waals surface area (Å²) in [6.07, 6.45) is 1.32. The van der Waals surface area contributed by atoms with Gasteiger partial charge in [0.2, 0.25) is 0 Å². The van der Waals surface area contributed by atoms with Gasteiger partial charge in [-0.15, -0.1) is 0 Å². The lowest BCUT2D eigenvalue weighted by molar-refractivity contribution is 0.0288. The van der Waals surface area contributed by atoms with Gasteiger partial charge in [-0.3, -0.25) is 4.57 Å². The average molecular weight is 290 g/mol. The molecule has 11 heavy (non-hydrogen) atoms. The van der Waals surface area contributed by atoms with Gasteiger partial charge >= 0.3 is 4.96 Å². The van der Waals surface area contributed by atoms with Crippen molar-refractivity contribution in [1.29, 1.82) is 0 Å². The van der Waals surface area contributed by atoms with Crippen molar-refractivity contribution in [3.05, 3.63) is 16.6 Å². The van der Waals surface area contributed by atoms with Crippen molar-refractivity contribution in [3.63, 3.8) is 0 Å². The van der Waals surface area contributed by atoms with Crippen LogP contribution in [0.25, 0.3) is 0 Å². The Morgan fingerprint density at radius 3 is 2.36 bits per heavy atom. The highest BCUT2D eigenvalue weighted by atomic mass is 79.9. The quantitative estimate of drug-likeness (QED) is 0.727. The van der Waals surface area contributed by atoms with Crippen LogP contribution in [-0.4, -0.2) is 9.55 Å². The Labute approximate surface area is 78.9 Å². The molecule has 0 fully saturated rings. The molecule has 1 rings (SSSR count). The molecule has 0 atom stereocenters. The molecule has 62 valence electrons. The van der Waals surface area contributed by atoms with Gasteiger partial charge in [0, 0.05) is 15.9 Å². The van der Waals surface area contributed by atoms with E-state index in [0.717, 1.165) is 4.57 Å². The van der Waals surface area contributed by atoms with Gasteiger partial charge in [-0.2, -0.15) is 8.78 Å². The molecule has 1 heterocycles. The molecule has 0 aliphatic heterocycles. The molecule has 0 saturated heterocycles. The SMILES string of the molecule is Cc1ncc(Br)n1C(F)(F)Br. The Morgan fingerprint density at radius 1 is 1.64 bits per heavy atom. The van der Waals surface area contributed by atoms with Gasteiger partial charge in [-0.1, -0.05) is 0 Å². The van der Waals surface area contributed by atoms with Crippen molar-refractivity contribution >= 4 is 31.9 Å². The first-order valence-corrected chi connectivity index (χ1v) is 4.28. The molecule has 1 aromatic heterocycles. The lowest BCUT2D eigenvalue weighted by Gasteiger charge is -2.12. The number of rotatable bonds is 1. The van der Waals surface area contributed by atoms with Crippen LogP contribution >= 0.6 is 31.9 Å². The highest BCUT2D eigenvalue weighted by molar-refractivity contribution is 9.10. The fraction of sp³-hybridized carbons (Fsp3) is 0.400. The van der Waals surface area contributed by atoms with Crippen molar-refractivity contribution in [1.82, 2.24) is 9.55 Å². The van der Waals surface area contributed by atoms with Crippen LogP contribution in [-0.2, 0) is 4.96 Å². The fourth-order valence-electron chi connectivity index (χ4n) is 0.721. The molecule has 6 heteroatoms. The highest BCUT2D eigenvalue weighted by Crippen LogP contribution is 2.32. The second kappa shape index (κ2) is 2.82. The fourth-order valence-corrected chi connectivity index (χ4v) is 1.99. The second-order valence-corrected chi connectivity index (χ2v) is 3.70. The highest BCUT2D eigenvalue weighted by Gasteiger charge is 2.30. The van der Waals surface area contributed by atoms with Crippen LogP contribution in [0, 0.1) is 6.92 Å². The van der Waals surface area contributed by atoms with Crippen LogP contribution in [0.2, 0.25) is 0 Å². The first kappa shape index (κ1) is 9.12. The summed E-state index contributed by atoms with van der Waals surface area (Å²) in [6.45, 7) is 1.50. The minimum Gasteiger partial charge on any atom is -0.252 e. The number of imidazole rings is 1. The second-order valence-electron chi connectivity index (χ2n) is 1.93. The van der Waals surface area contributed by atoms with Crippen LogP contribution in [0.3, 0.4) is 0 Å². The number of aryl methyl sites for hydroxylation is 1. The van der Waals surface area contributed by atoms with Crippen LogP contribution in [0.4, 0.5) is 8.78 Å². The molecule has 0 bridgehead atoms. The van der Waals surface area contributed by atoms with Gasteiger partial charge in [-0.25, -0.2) is 4.98 Å². The van der Waals surface area contributed by atoms with E-state index < -0.39 is 4.96 Å². The van der Waals surface area contributed by atoms with Crippen molar-refractivity contribution < 1.29 is 8.78 Å². The molecular weight excluding hydrogens is 286 g/mol. The maximum Gasteiger partial charge on any atom is 0.388 e. The van der Waals surface area contributed by atoms with E-state index in [4.69, 9.17) is 0 Å². The summed E-state index contributed by atoms with van der Waals surface area (Å²) in [5, 5.41) is 0. The summed E-state index contributed by atoms with van der Waals surface area (Å²) in [6, 6.07) is 0. The van der Waals surface area contributed by atoms with Gasteiger partial charge in [0.15, 0.2) is 0 Å². The smallest absolute Gasteiger partial charge is 0.252 e. The zero-order valence-electron chi connectivity index (χ0n) is 5.48. The third-order valence-corrected chi connectivity index (χ3v) is 2.06. The predicted molar refractivity (Wildman–Crippen MR) is 43.8 cm³/mol. The molecule has 0 amide bonds. The third kappa shape index (κ3) is 1.79. The molecule has 0 spiro atoms. The molecule has 1 aromatic rings. The zero-order chi connectivity index (χ0) is 8.65. The van der Waals surface area contributed by atoms with Gasteiger partial charge in [0.05, 0.1) is 6.20 Å². The number of alkyl halides is 3. The number of nitrogens with zero attached hydrogens (tertiary/aromatic N) is 2. The maximum atomic E-state index is 12.6. The van der Waals surface area contributed by atoms with Crippen molar-refractivity contribution in [2.75, 3.05) is 0 Å². The molecule has 0 aliphatic rings.